The number of rotatable bonds is 1. The Kier molecular flexibility index (Phi) is 1.83. The van der Waals surface area contributed by atoms with Crippen LogP contribution in [0.25, 0.3) is 0 Å². The lowest BCUT2D eigenvalue weighted by atomic mass is 10.6. The Hall–Kier alpha value is -1.04. The Morgan fingerprint density at radius 1 is 2.00 bits per heavy atom. The third kappa shape index (κ3) is 2.96. The van der Waals surface area contributed by atoms with Gasteiger partial charge < -0.3 is 5.11 Å². The Morgan fingerprint density at radius 3 is 2.50 bits per heavy atom. The third-order valence-corrected chi connectivity index (χ3v) is 0.230. The van der Waals surface area contributed by atoms with Crippen LogP contribution in [0.2, 0.25) is 0 Å². The van der Waals surface area contributed by atoms with E-state index >= 15 is 0 Å². The summed E-state index contributed by atoms with van der Waals surface area (Å²) in [5, 5.41) is 15.3. The number of hydrogen-bond acceptors (Lipinski definition) is 2. The van der Waals surface area contributed by atoms with E-state index in [0.717, 1.165) is 0 Å². The van der Waals surface area contributed by atoms with E-state index in [2.05, 4.69) is 0 Å². The molecule has 0 spiro atoms. The number of carboxylic acids is 1. The summed E-state index contributed by atoms with van der Waals surface area (Å²) in [6.07, 6.45) is -0.403. The van der Waals surface area contributed by atoms with E-state index in [9.17, 15) is 4.79 Å². The maximum atomic E-state index is 9.38. The van der Waals surface area contributed by atoms with Crippen LogP contribution < -0.4 is 0 Å². The highest BCUT2D eigenvalue weighted by Crippen LogP contribution is 1.68. The van der Waals surface area contributed by atoms with E-state index in [0.29, 0.717) is 0 Å². The van der Waals surface area contributed by atoms with E-state index in [1.165, 1.54) is 6.07 Å². The Labute approximate surface area is 34.8 Å². The van der Waals surface area contributed by atoms with Crippen molar-refractivity contribution in [3.63, 3.8) is 0 Å². The summed E-state index contributed by atoms with van der Waals surface area (Å²) >= 11 is 0. The van der Waals surface area contributed by atoms with E-state index in [1.807, 2.05) is 0 Å². The van der Waals surface area contributed by atoms with Gasteiger partial charge in [0.1, 0.15) is 6.42 Å². The van der Waals surface area contributed by atoms with Crippen LogP contribution in [0.3, 0.4) is 0 Å². The average molecular weight is 86.1 g/mol. The first-order chi connectivity index (χ1) is 2.77. The second-order valence-corrected chi connectivity index (χ2v) is 0.729. The zero-order valence-electron chi connectivity index (χ0n) is 3.01. The lowest BCUT2D eigenvalue weighted by Crippen LogP contribution is -1.88. The van der Waals surface area contributed by atoms with Crippen molar-refractivity contribution < 1.29 is 9.90 Å². The highest BCUT2D eigenvalue weighted by molar-refractivity contribution is 5.69. The van der Waals surface area contributed by atoms with Gasteiger partial charge in [-0.1, -0.05) is 0 Å². The molecule has 0 saturated heterocycles. The number of aliphatic carboxylic acids is 1. The predicted octanol–water partition coefficient (Wildman–Crippen LogP) is -0.0153. The molecule has 3 nitrogen and oxygen atoms in total. The summed E-state index contributed by atoms with van der Waals surface area (Å²) in [6, 6.07) is 1.47. The largest absolute Gasteiger partial charge is 0.480 e. The summed E-state index contributed by atoms with van der Waals surface area (Å²) in [7, 11) is 0. The molecule has 0 unspecified atom stereocenters. The molecular weight excluding hydrogens is 83.0 g/mol. The Balaban J connectivity index is 3.13. The number of hydrogen-bond donors (Lipinski definition) is 1. The molecule has 0 heterocycles. The van der Waals surface area contributed by atoms with Crippen LogP contribution in [0, 0.1) is 11.3 Å². The minimum absolute atomic E-state index is 0.403. The van der Waals surface area contributed by atoms with Gasteiger partial charge in [0, 0.05) is 0 Å². The molecule has 3 heteroatoms. The minimum Gasteiger partial charge on any atom is -0.480 e. The maximum Gasteiger partial charge on any atom is 0.317 e. The SMILES string of the molecule is N#[13C]CC(=O)O. The van der Waals surface area contributed by atoms with E-state index in [-0.39, 0.29) is 0 Å². The molecular formula is C3H3NO2. The first kappa shape index (κ1) is 4.96. The summed E-state index contributed by atoms with van der Waals surface area (Å²) in [5.74, 6) is -1.07. The van der Waals surface area contributed by atoms with Crippen molar-refractivity contribution in [1.29, 1.82) is 5.26 Å². The molecule has 0 amide bonds. The van der Waals surface area contributed by atoms with Crippen LogP contribution in [0.1, 0.15) is 6.42 Å². The standard InChI is InChI=1S/C3H3NO2/c4-2-1-3(5)6/h1H2,(H,5,6)/i2+1. The highest BCUT2D eigenvalue weighted by Gasteiger charge is 1.87. The minimum atomic E-state index is -1.07. The van der Waals surface area contributed by atoms with Crippen molar-refractivity contribution in [3.05, 3.63) is 0 Å². The third-order valence-electron chi connectivity index (χ3n) is 0.230. The normalized spacial score (nSPS) is 6.50. The molecule has 0 bridgehead atoms. The molecule has 0 rings (SSSR count). The van der Waals surface area contributed by atoms with Crippen LogP contribution in [0.4, 0.5) is 0 Å². The van der Waals surface area contributed by atoms with E-state index < -0.39 is 12.4 Å². The molecule has 0 aromatic heterocycles. The summed E-state index contributed by atoms with van der Waals surface area (Å²) in [6.45, 7) is 0. The summed E-state index contributed by atoms with van der Waals surface area (Å²) in [4.78, 5) is 9.38. The molecule has 6 heavy (non-hydrogen) atoms. The van der Waals surface area contributed by atoms with Gasteiger partial charge in [0.25, 0.3) is 0 Å². The smallest absolute Gasteiger partial charge is 0.317 e. The molecule has 0 radical (unpaired) electrons. The quantitative estimate of drug-likeness (QED) is 0.456. The van der Waals surface area contributed by atoms with Gasteiger partial charge in [0.15, 0.2) is 0 Å². The van der Waals surface area contributed by atoms with Gasteiger partial charge in [-0.25, -0.2) is 0 Å². The molecule has 1 N–H and O–H groups in total. The Bertz CT molecular complexity index is 91.5. The Morgan fingerprint density at radius 2 is 2.50 bits per heavy atom. The zero-order valence-corrected chi connectivity index (χ0v) is 3.01. The number of nitriles is 1. The van der Waals surface area contributed by atoms with Gasteiger partial charge >= 0.3 is 5.97 Å². The lowest BCUT2D eigenvalue weighted by molar-refractivity contribution is -0.135. The van der Waals surface area contributed by atoms with Gasteiger partial charge in [0.2, 0.25) is 0 Å². The van der Waals surface area contributed by atoms with Crippen molar-refractivity contribution >= 4 is 5.97 Å². The highest BCUT2D eigenvalue weighted by atomic mass is 16.4. The summed E-state index contributed by atoms with van der Waals surface area (Å²) < 4.78 is 0. The van der Waals surface area contributed by atoms with Crippen LogP contribution >= 0.6 is 0 Å². The summed E-state index contributed by atoms with van der Waals surface area (Å²) in [5.41, 5.74) is 0. The van der Waals surface area contributed by atoms with Crippen molar-refractivity contribution in [2.75, 3.05) is 0 Å². The van der Waals surface area contributed by atoms with Crippen molar-refractivity contribution in [2.45, 2.75) is 6.42 Å². The molecule has 0 saturated carbocycles. The van der Waals surface area contributed by atoms with E-state index in [1.54, 1.807) is 0 Å². The molecule has 0 atom stereocenters. The van der Waals surface area contributed by atoms with Crippen LogP contribution in [0.5, 0.6) is 0 Å². The van der Waals surface area contributed by atoms with Crippen LogP contribution in [0.15, 0.2) is 0 Å². The fraction of sp³-hybridized carbons (Fsp3) is 0.333. The molecule has 0 aromatic rings. The van der Waals surface area contributed by atoms with Crippen molar-refractivity contribution in [3.8, 4) is 6.07 Å². The monoisotopic (exact) mass is 86.0 g/mol. The average Bonchev–Trinajstić information content (AvgIpc) is 1.35. The van der Waals surface area contributed by atoms with Crippen LogP contribution in [-0.2, 0) is 4.79 Å². The van der Waals surface area contributed by atoms with Gasteiger partial charge in [-0.05, 0) is 0 Å². The van der Waals surface area contributed by atoms with Crippen molar-refractivity contribution in [2.24, 2.45) is 0 Å². The van der Waals surface area contributed by atoms with Crippen LogP contribution in [-0.4, -0.2) is 11.1 Å². The molecule has 0 fully saturated rings. The fourth-order valence-corrected chi connectivity index (χ4v) is 0.0676. The number of nitrogens with zero attached hydrogens (tertiary/aromatic N) is 1. The molecule has 0 aliphatic carbocycles. The number of carboxylic acid groups (broad SMARTS) is 1. The van der Waals surface area contributed by atoms with Gasteiger partial charge in [0.05, 0.1) is 6.07 Å². The lowest BCUT2D eigenvalue weighted by Gasteiger charge is -1.70. The predicted molar refractivity (Wildman–Crippen MR) is 17.9 cm³/mol. The first-order valence-electron chi connectivity index (χ1n) is 1.36. The molecule has 0 aromatic carbocycles. The van der Waals surface area contributed by atoms with Gasteiger partial charge in [-0.3, -0.25) is 4.79 Å². The van der Waals surface area contributed by atoms with E-state index in [4.69, 9.17) is 10.4 Å². The van der Waals surface area contributed by atoms with Crippen molar-refractivity contribution in [1.82, 2.24) is 0 Å². The maximum absolute atomic E-state index is 9.38. The van der Waals surface area contributed by atoms with Gasteiger partial charge in [-0.15, -0.1) is 0 Å². The van der Waals surface area contributed by atoms with Gasteiger partial charge in [-0.2, -0.15) is 5.26 Å². The topological polar surface area (TPSA) is 61.1 Å². The zero-order chi connectivity index (χ0) is 4.99. The number of carbonyl (C=O) groups is 1. The first-order valence-corrected chi connectivity index (χ1v) is 1.36. The molecule has 0 aliphatic heterocycles. The molecule has 32 valence electrons. The second kappa shape index (κ2) is 2.21. The fourth-order valence-electron chi connectivity index (χ4n) is 0.0676. The molecule has 0 aliphatic rings. The second-order valence-electron chi connectivity index (χ2n) is 0.729.